The Labute approximate surface area is 119 Å². The van der Waals surface area contributed by atoms with Crippen molar-refractivity contribution in [1.29, 1.82) is 0 Å². The number of hydrogen-bond acceptors (Lipinski definition) is 2. The predicted molar refractivity (Wildman–Crippen MR) is 87.1 cm³/mol. The van der Waals surface area contributed by atoms with Gasteiger partial charge in [0.1, 0.15) is 6.73 Å². The zero-order valence-electron chi connectivity index (χ0n) is 13.2. The summed E-state index contributed by atoms with van der Waals surface area (Å²) in [6, 6.07) is 10.3. The molecule has 0 amide bonds. The minimum Gasteiger partial charge on any atom is -0.399 e. The zero-order chi connectivity index (χ0) is 14.5. The first-order valence-electron chi connectivity index (χ1n) is 7.34. The van der Waals surface area contributed by atoms with E-state index in [0.29, 0.717) is 23.4 Å². The van der Waals surface area contributed by atoms with Gasteiger partial charge in [0.05, 0.1) is 0 Å². The summed E-state index contributed by atoms with van der Waals surface area (Å²) in [5, 5.41) is 3.38. The second-order valence-corrected chi connectivity index (χ2v) is 11.6. The standard InChI is InChI=1S/C16H29NOSi/c1-13(2)19(14(3)4,15(5)6)18-12-17-16-10-8-7-9-11-16/h7-11,13-15,17H,12H2,1-6H3. The van der Waals surface area contributed by atoms with Gasteiger partial charge in [0.25, 0.3) is 0 Å². The smallest absolute Gasteiger partial charge is 0.202 e. The topological polar surface area (TPSA) is 21.3 Å². The largest absolute Gasteiger partial charge is 0.399 e. The summed E-state index contributed by atoms with van der Waals surface area (Å²) in [6.07, 6.45) is 0. The minimum absolute atomic E-state index is 0.616. The van der Waals surface area contributed by atoms with Crippen LogP contribution >= 0.6 is 0 Å². The minimum atomic E-state index is -1.74. The van der Waals surface area contributed by atoms with Gasteiger partial charge in [-0.25, -0.2) is 0 Å². The molecule has 0 fully saturated rings. The van der Waals surface area contributed by atoms with Gasteiger partial charge in [-0.1, -0.05) is 59.7 Å². The Morgan fingerprint density at radius 2 is 1.37 bits per heavy atom. The third kappa shape index (κ3) is 3.83. The molecule has 0 aliphatic rings. The molecule has 0 saturated carbocycles. The third-order valence-electron chi connectivity index (χ3n) is 4.08. The highest BCUT2D eigenvalue weighted by atomic mass is 28.4. The van der Waals surface area contributed by atoms with E-state index < -0.39 is 8.32 Å². The number of nitrogens with one attached hydrogen (secondary N) is 1. The number of benzene rings is 1. The van der Waals surface area contributed by atoms with E-state index in [9.17, 15) is 0 Å². The molecule has 0 atom stereocenters. The molecule has 3 heteroatoms. The Hall–Kier alpha value is -0.803. The monoisotopic (exact) mass is 279 g/mol. The Balaban J connectivity index is 2.69. The van der Waals surface area contributed by atoms with E-state index in [1.54, 1.807) is 0 Å². The van der Waals surface area contributed by atoms with Gasteiger partial charge in [-0.2, -0.15) is 0 Å². The van der Waals surface area contributed by atoms with Crippen LogP contribution in [0.2, 0.25) is 16.6 Å². The average Bonchev–Trinajstić information content (AvgIpc) is 2.34. The zero-order valence-corrected chi connectivity index (χ0v) is 14.2. The van der Waals surface area contributed by atoms with E-state index in [0.717, 1.165) is 5.69 Å². The van der Waals surface area contributed by atoms with E-state index in [4.69, 9.17) is 4.43 Å². The molecule has 0 heterocycles. The summed E-state index contributed by atoms with van der Waals surface area (Å²) in [5.74, 6) is 0. The lowest BCUT2D eigenvalue weighted by molar-refractivity contribution is 0.302. The van der Waals surface area contributed by atoms with Gasteiger partial charge in [-0.15, -0.1) is 0 Å². The summed E-state index contributed by atoms with van der Waals surface area (Å²) < 4.78 is 6.45. The van der Waals surface area contributed by atoms with E-state index >= 15 is 0 Å². The van der Waals surface area contributed by atoms with Crippen LogP contribution in [0, 0.1) is 0 Å². The molecular weight excluding hydrogens is 250 g/mol. The molecule has 0 spiro atoms. The van der Waals surface area contributed by atoms with Crippen LogP contribution in [-0.4, -0.2) is 15.0 Å². The fraction of sp³-hybridized carbons (Fsp3) is 0.625. The maximum atomic E-state index is 6.45. The van der Waals surface area contributed by atoms with Crippen molar-refractivity contribution in [2.45, 2.75) is 58.2 Å². The van der Waals surface area contributed by atoms with Crippen LogP contribution in [0.5, 0.6) is 0 Å². The molecule has 1 rings (SSSR count). The number of para-hydroxylation sites is 1. The molecule has 1 aromatic carbocycles. The molecule has 19 heavy (non-hydrogen) atoms. The number of anilines is 1. The SMILES string of the molecule is CC(C)[Si](OCNc1ccccc1)(C(C)C)C(C)C. The fourth-order valence-corrected chi connectivity index (χ4v) is 8.62. The van der Waals surface area contributed by atoms with Crippen LogP contribution in [0.15, 0.2) is 30.3 Å². The van der Waals surface area contributed by atoms with E-state index in [2.05, 4.69) is 59.0 Å². The Kier molecular flexibility index (Phi) is 6.08. The molecule has 2 nitrogen and oxygen atoms in total. The summed E-state index contributed by atoms with van der Waals surface area (Å²) in [7, 11) is -1.74. The van der Waals surface area contributed by atoms with Crippen LogP contribution in [0.4, 0.5) is 5.69 Å². The molecule has 0 aliphatic heterocycles. The van der Waals surface area contributed by atoms with Crippen LogP contribution in [-0.2, 0) is 4.43 Å². The molecule has 0 unspecified atom stereocenters. The van der Waals surface area contributed by atoms with E-state index in [1.807, 2.05) is 18.2 Å². The molecule has 0 aliphatic carbocycles. The highest BCUT2D eigenvalue weighted by Gasteiger charge is 2.44. The van der Waals surface area contributed by atoms with Gasteiger partial charge in [0.2, 0.25) is 8.32 Å². The van der Waals surface area contributed by atoms with Crippen molar-refractivity contribution >= 4 is 14.0 Å². The molecule has 1 aromatic rings. The summed E-state index contributed by atoms with van der Waals surface area (Å²) in [5.41, 5.74) is 3.02. The summed E-state index contributed by atoms with van der Waals surface area (Å²) in [4.78, 5) is 0. The molecular formula is C16H29NOSi. The second-order valence-electron chi connectivity index (χ2n) is 6.15. The number of hydrogen-bond donors (Lipinski definition) is 1. The fourth-order valence-electron chi connectivity index (χ4n) is 3.30. The van der Waals surface area contributed by atoms with Crippen molar-refractivity contribution < 1.29 is 4.43 Å². The van der Waals surface area contributed by atoms with E-state index in [1.165, 1.54) is 0 Å². The van der Waals surface area contributed by atoms with Crippen molar-refractivity contribution in [3.63, 3.8) is 0 Å². The van der Waals surface area contributed by atoms with Crippen molar-refractivity contribution in [2.75, 3.05) is 12.0 Å². The first-order chi connectivity index (χ1) is 8.91. The maximum absolute atomic E-state index is 6.45. The lowest BCUT2D eigenvalue weighted by atomic mass is 10.3. The van der Waals surface area contributed by atoms with Crippen LogP contribution in [0.3, 0.4) is 0 Å². The average molecular weight is 280 g/mol. The summed E-state index contributed by atoms with van der Waals surface area (Å²) in [6.45, 7) is 14.5. The van der Waals surface area contributed by atoms with Gasteiger partial charge in [0, 0.05) is 5.69 Å². The molecule has 108 valence electrons. The first-order valence-corrected chi connectivity index (χ1v) is 9.48. The van der Waals surface area contributed by atoms with Crippen LogP contribution < -0.4 is 5.32 Å². The Morgan fingerprint density at radius 1 is 0.895 bits per heavy atom. The quantitative estimate of drug-likeness (QED) is 0.544. The lowest BCUT2D eigenvalue weighted by Crippen LogP contribution is -2.48. The van der Waals surface area contributed by atoms with Crippen molar-refractivity contribution in [3.05, 3.63) is 30.3 Å². The maximum Gasteiger partial charge on any atom is 0.202 e. The van der Waals surface area contributed by atoms with Gasteiger partial charge in [0.15, 0.2) is 0 Å². The molecule has 0 bridgehead atoms. The first kappa shape index (κ1) is 16.3. The Bertz CT molecular complexity index is 340. The normalized spacial score (nSPS) is 12.5. The summed E-state index contributed by atoms with van der Waals surface area (Å²) >= 11 is 0. The lowest BCUT2D eigenvalue weighted by Gasteiger charge is -2.42. The molecule has 1 N–H and O–H groups in total. The molecule has 0 saturated heterocycles. The van der Waals surface area contributed by atoms with Crippen molar-refractivity contribution in [3.8, 4) is 0 Å². The molecule has 0 aromatic heterocycles. The van der Waals surface area contributed by atoms with Gasteiger partial charge >= 0.3 is 0 Å². The van der Waals surface area contributed by atoms with Crippen molar-refractivity contribution in [2.24, 2.45) is 0 Å². The molecule has 0 radical (unpaired) electrons. The Morgan fingerprint density at radius 3 is 1.79 bits per heavy atom. The van der Waals surface area contributed by atoms with Crippen LogP contribution in [0.1, 0.15) is 41.5 Å². The van der Waals surface area contributed by atoms with Crippen LogP contribution in [0.25, 0.3) is 0 Å². The number of rotatable bonds is 7. The second kappa shape index (κ2) is 7.11. The van der Waals surface area contributed by atoms with E-state index in [-0.39, 0.29) is 0 Å². The highest BCUT2D eigenvalue weighted by molar-refractivity contribution is 6.77. The van der Waals surface area contributed by atoms with Crippen molar-refractivity contribution in [1.82, 2.24) is 0 Å². The van der Waals surface area contributed by atoms with Gasteiger partial charge in [-0.3, -0.25) is 0 Å². The predicted octanol–water partition coefficient (Wildman–Crippen LogP) is 5.25. The highest BCUT2D eigenvalue weighted by Crippen LogP contribution is 2.42. The third-order valence-corrected chi connectivity index (χ3v) is 10.1. The van der Waals surface area contributed by atoms with Gasteiger partial charge < -0.3 is 9.74 Å². The van der Waals surface area contributed by atoms with Gasteiger partial charge in [-0.05, 0) is 28.8 Å².